The molecular weight excluding hydrogens is 755 g/mol. The van der Waals surface area contributed by atoms with Gasteiger partial charge in [0.25, 0.3) is 0 Å². The van der Waals surface area contributed by atoms with Gasteiger partial charge in [0.1, 0.15) is 0 Å². The van der Waals surface area contributed by atoms with Crippen LogP contribution in [0.1, 0.15) is 290 Å². The zero-order valence-corrected chi connectivity index (χ0v) is 40.9. The Bertz CT molecular complexity index is 951. The average Bonchev–Trinajstić information content (AvgIpc) is 3.26. The summed E-state index contributed by atoms with van der Waals surface area (Å²) in [7, 11) is 0. The van der Waals surface area contributed by atoms with Gasteiger partial charge >= 0.3 is 5.97 Å². The first-order valence-corrected chi connectivity index (χ1v) is 27.1. The maximum Gasteiger partial charge on any atom is 0.305 e. The Balaban J connectivity index is 3.43. The van der Waals surface area contributed by atoms with Crippen molar-refractivity contribution in [1.29, 1.82) is 0 Å². The Labute approximate surface area is 380 Å². The highest BCUT2D eigenvalue weighted by Crippen LogP contribution is 2.16. The van der Waals surface area contributed by atoms with E-state index < -0.39 is 12.1 Å². The summed E-state index contributed by atoms with van der Waals surface area (Å²) >= 11 is 0. The van der Waals surface area contributed by atoms with E-state index in [4.69, 9.17) is 4.74 Å². The molecule has 0 fully saturated rings. The number of carbonyl (C=O) groups is 2. The number of amides is 1. The van der Waals surface area contributed by atoms with Crippen LogP contribution in [0.25, 0.3) is 0 Å². The molecule has 0 aromatic heterocycles. The van der Waals surface area contributed by atoms with E-state index in [9.17, 15) is 19.8 Å². The summed E-state index contributed by atoms with van der Waals surface area (Å²) in [6.07, 6.45) is 60.4. The quantitative estimate of drug-likeness (QED) is 0.0322. The first kappa shape index (κ1) is 59.3. The van der Waals surface area contributed by atoms with Crippen molar-refractivity contribution in [3.63, 3.8) is 0 Å². The molecule has 0 aliphatic rings. The van der Waals surface area contributed by atoms with Gasteiger partial charge in [-0.15, -0.1) is 0 Å². The number of ether oxygens (including phenoxy) is 1. The van der Waals surface area contributed by atoms with E-state index in [2.05, 4.69) is 31.3 Å². The number of hydrogen-bond acceptors (Lipinski definition) is 5. The minimum Gasteiger partial charge on any atom is -0.466 e. The molecule has 0 bridgehead atoms. The average molecular weight is 860 g/mol. The Hall–Kier alpha value is -1.66. The third-order valence-corrected chi connectivity index (χ3v) is 12.5. The fourth-order valence-corrected chi connectivity index (χ4v) is 8.27. The van der Waals surface area contributed by atoms with Crippen molar-refractivity contribution in [1.82, 2.24) is 5.32 Å². The molecule has 61 heavy (non-hydrogen) atoms. The van der Waals surface area contributed by atoms with Crippen molar-refractivity contribution in [3.8, 4) is 0 Å². The van der Waals surface area contributed by atoms with Crippen molar-refractivity contribution < 1.29 is 24.5 Å². The summed E-state index contributed by atoms with van der Waals surface area (Å²) in [5, 5.41) is 23.0. The van der Waals surface area contributed by atoms with Crippen LogP contribution in [0.5, 0.6) is 0 Å². The summed E-state index contributed by atoms with van der Waals surface area (Å²) in [4.78, 5) is 24.4. The van der Waals surface area contributed by atoms with Gasteiger partial charge in [-0.05, 0) is 57.8 Å². The van der Waals surface area contributed by atoms with Gasteiger partial charge in [-0.2, -0.15) is 0 Å². The van der Waals surface area contributed by atoms with Crippen LogP contribution in [0.4, 0.5) is 0 Å². The molecule has 3 N–H and O–H groups in total. The van der Waals surface area contributed by atoms with Crippen LogP contribution in [0, 0.1) is 0 Å². The predicted molar refractivity (Wildman–Crippen MR) is 264 cm³/mol. The van der Waals surface area contributed by atoms with Crippen molar-refractivity contribution in [2.75, 3.05) is 13.2 Å². The number of unbranched alkanes of at least 4 members (excludes halogenated alkanes) is 37. The first-order chi connectivity index (χ1) is 30.0. The maximum absolute atomic E-state index is 12.4. The molecule has 0 aromatic carbocycles. The second kappa shape index (κ2) is 51.0. The molecule has 2 atom stereocenters. The van der Waals surface area contributed by atoms with Gasteiger partial charge in [0.2, 0.25) is 5.91 Å². The van der Waals surface area contributed by atoms with Crippen LogP contribution in [-0.2, 0) is 14.3 Å². The SMILES string of the molecule is CCCCC/C=C\CCCCCCCC(=O)OCCCCCCCCCCCCCCCCCCCCCC(=O)NC(CO)C(O)/C=C/CCCCCCCCCCCCC. The number of aliphatic hydroxyl groups is 2. The molecule has 0 heterocycles. The van der Waals surface area contributed by atoms with Gasteiger partial charge in [0, 0.05) is 12.8 Å². The third-order valence-electron chi connectivity index (χ3n) is 12.5. The van der Waals surface area contributed by atoms with E-state index in [0.29, 0.717) is 19.4 Å². The minimum atomic E-state index is -0.845. The number of nitrogens with one attached hydrogen (secondary N) is 1. The van der Waals surface area contributed by atoms with E-state index in [1.165, 1.54) is 218 Å². The van der Waals surface area contributed by atoms with Crippen LogP contribution < -0.4 is 5.32 Å². The Morgan fingerprint density at radius 1 is 0.443 bits per heavy atom. The van der Waals surface area contributed by atoms with Crippen molar-refractivity contribution in [2.45, 2.75) is 302 Å². The van der Waals surface area contributed by atoms with Crippen LogP contribution in [0.3, 0.4) is 0 Å². The molecule has 1 amide bonds. The first-order valence-electron chi connectivity index (χ1n) is 27.1. The van der Waals surface area contributed by atoms with Gasteiger partial charge in [-0.1, -0.05) is 244 Å². The highest BCUT2D eigenvalue weighted by atomic mass is 16.5. The Kier molecular flexibility index (Phi) is 49.6. The molecule has 0 saturated carbocycles. The molecular formula is C55H105NO5. The molecule has 0 aliphatic carbocycles. The van der Waals surface area contributed by atoms with Gasteiger partial charge in [0.05, 0.1) is 25.4 Å². The lowest BCUT2D eigenvalue weighted by Crippen LogP contribution is -2.45. The second-order valence-electron chi connectivity index (χ2n) is 18.6. The normalized spacial score (nSPS) is 12.8. The lowest BCUT2D eigenvalue weighted by Gasteiger charge is -2.20. The number of carbonyl (C=O) groups excluding carboxylic acids is 2. The standard InChI is InChI=1S/C55H105NO5/c1-3-5-7-9-11-13-15-24-27-31-35-39-43-47-53(58)52(51-57)56-54(59)48-44-40-36-32-28-25-22-20-18-17-19-21-23-26-30-34-38-42-46-50-61-55(60)49-45-41-37-33-29-16-14-12-10-8-6-4-2/h12,14,43,47,52-53,57-58H,3-11,13,15-42,44-46,48-51H2,1-2H3,(H,56,59)/b14-12-,47-43+. The number of hydrogen-bond donors (Lipinski definition) is 3. The number of aliphatic hydroxyl groups excluding tert-OH is 2. The smallest absolute Gasteiger partial charge is 0.305 e. The zero-order valence-electron chi connectivity index (χ0n) is 40.9. The second-order valence-corrected chi connectivity index (χ2v) is 18.6. The summed E-state index contributed by atoms with van der Waals surface area (Å²) in [6, 6.07) is -0.629. The molecule has 0 rings (SSSR count). The largest absolute Gasteiger partial charge is 0.466 e. The van der Waals surface area contributed by atoms with Gasteiger partial charge < -0.3 is 20.3 Å². The van der Waals surface area contributed by atoms with E-state index in [1.807, 2.05) is 6.08 Å². The van der Waals surface area contributed by atoms with E-state index in [-0.39, 0.29) is 18.5 Å². The van der Waals surface area contributed by atoms with E-state index in [0.717, 1.165) is 44.9 Å². The van der Waals surface area contributed by atoms with Crippen LogP contribution in [-0.4, -0.2) is 47.4 Å². The highest BCUT2D eigenvalue weighted by molar-refractivity contribution is 5.76. The monoisotopic (exact) mass is 860 g/mol. The number of esters is 1. The summed E-state index contributed by atoms with van der Waals surface area (Å²) < 4.78 is 5.46. The van der Waals surface area contributed by atoms with Crippen molar-refractivity contribution >= 4 is 11.9 Å². The lowest BCUT2D eigenvalue weighted by atomic mass is 10.0. The molecule has 0 saturated heterocycles. The summed E-state index contributed by atoms with van der Waals surface area (Å²) in [6.45, 7) is 4.87. The molecule has 0 aromatic rings. The fourth-order valence-electron chi connectivity index (χ4n) is 8.27. The van der Waals surface area contributed by atoms with Gasteiger partial charge in [0.15, 0.2) is 0 Å². The minimum absolute atomic E-state index is 0.00204. The molecule has 0 radical (unpaired) electrons. The van der Waals surface area contributed by atoms with Crippen LogP contribution in [0.15, 0.2) is 24.3 Å². The highest BCUT2D eigenvalue weighted by Gasteiger charge is 2.18. The van der Waals surface area contributed by atoms with Crippen molar-refractivity contribution in [2.24, 2.45) is 0 Å². The fraction of sp³-hybridized carbons (Fsp3) is 0.891. The molecule has 6 heteroatoms. The van der Waals surface area contributed by atoms with Crippen LogP contribution in [0.2, 0.25) is 0 Å². The van der Waals surface area contributed by atoms with Gasteiger partial charge in [-0.3, -0.25) is 9.59 Å². The maximum atomic E-state index is 12.4. The molecule has 2 unspecified atom stereocenters. The predicted octanol–water partition coefficient (Wildman–Crippen LogP) is 16.3. The molecule has 6 nitrogen and oxygen atoms in total. The Morgan fingerprint density at radius 3 is 1.20 bits per heavy atom. The van der Waals surface area contributed by atoms with E-state index >= 15 is 0 Å². The molecule has 360 valence electrons. The third kappa shape index (κ3) is 47.7. The van der Waals surface area contributed by atoms with E-state index in [1.54, 1.807) is 6.08 Å². The van der Waals surface area contributed by atoms with Crippen LogP contribution >= 0.6 is 0 Å². The summed E-state index contributed by atoms with van der Waals surface area (Å²) in [5.74, 6) is -0.0731. The molecule has 0 aliphatic heterocycles. The number of allylic oxidation sites excluding steroid dienone is 3. The number of rotatable bonds is 50. The summed E-state index contributed by atoms with van der Waals surface area (Å²) in [5.41, 5.74) is 0. The molecule has 0 spiro atoms. The van der Waals surface area contributed by atoms with Crippen molar-refractivity contribution in [3.05, 3.63) is 24.3 Å². The topological polar surface area (TPSA) is 95.9 Å². The Morgan fingerprint density at radius 2 is 0.770 bits per heavy atom. The van der Waals surface area contributed by atoms with Gasteiger partial charge in [-0.25, -0.2) is 0 Å². The lowest BCUT2D eigenvalue weighted by molar-refractivity contribution is -0.143. The zero-order chi connectivity index (χ0) is 44.4.